The van der Waals surface area contributed by atoms with Gasteiger partial charge in [0.15, 0.2) is 0 Å². The molecule has 0 aromatic heterocycles. The lowest BCUT2D eigenvalue weighted by atomic mass is 10.0. The second kappa shape index (κ2) is 9.08. The van der Waals surface area contributed by atoms with Crippen molar-refractivity contribution in [2.45, 2.75) is 65.6 Å². The van der Waals surface area contributed by atoms with Gasteiger partial charge in [0.05, 0.1) is 0 Å². The minimum Gasteiger partial charge on any atom is -0.444 e. The topological polar surface area (TPSA) is 87.7 Å². The van der Waals surface area contributed by atoms with Crippen molar-refractivity contribution >= 4 is 17.9 Å². The molecule has 0 saturated heterocycles. The van der Waals surface area contributed by atoms with E-state index < -0.39 is 29.2 Å². The van der Waals surface area contributed by atoms with E-state index in [4.69, 9.17) is 4.74 Å². The number of ether oxygens (including phenoxy) is 1. The molecule has 28 heavy (non-hydrogen) atoms. The highest BCUT2D eigenvalue weighted by Crippen LogP contribution is 2.21. The van der Waals surface area contributed by atoms with Crippen molar-refractivity contribution in [2.24, 2.45) is 0 Å². The van der Waals surface area contributed by atoms with E-state index in [1.165, 1.54) is 4.90 Å². The number of alkyl carbamates (subject to hydrolysis) is 1. The Morgan fingerprint density at radius 2 is 1.57 bits per heavy atom. The zero-order valence-electron chi connectivity index (χ0n) is 18.2. The average molecular weight is 392 g/mol. The highest BCUT2D eigenvalue weighted by Gasteiger charge is 2.31. The molecule has 1 rings (SSSR count). The number of nitrogens with one attached hydrogen (secondary N) is 2. The smallest absolute Gasteiger partial charge is 0.408 e. The number of carbonyl (C=O) groups excluding carboxylic acids is 3. The summed E-state index contributed by atoms with van der Waals surface area (Å²) >= 11 is 0. The van der Waals surface area contributed by atoms with Crippen LogP contribution in [-0.4, -0.2) is 47.5 Å². The van der Waals surface area contributed by atoms with Gasteiger partial charge in [0, 0.05) is 12.6 Å². The van der Waals surface area contributed by atoms with Crippen LogP contribution in [0.25, 0.3) is 0 Å². The van der Waals surface area contributed by atoms with Crippen LogP contribution in [0.2, 0.25) is 0 Å². The Labute approximate surface area is 167 Å². The summed E-state index contributed by atoms with van der Waals surface area (Å²) in [5.41, 5.74) is 0.647. The van der Waals surface area contributed by atoms with Crippen LogP contribution in [0.4, 0.5) is 4.79 Å². The second-order valence-corrected chi connectivity index (χ2v) is 8.91. The lowest BCUT2D eigenvalue weighted by molar-refractivity contribution is -0.139. The SMILES string of the molecule is Cc1ccc(C(C(=O)NC(C)(C)C)N(C)C(=O)CNC(=O)OC(C)(C)C)cc1. The van der Waals surface area contributed by atoms with E-state index in [1.54, 1.807) is 27.8 Å². The molecule has 1 aromatic carbocycles. The van der Waals surface area contributed by atoms with E-state index in [1.807, 2.05) is 52.0 Å². The van der Waals surface area contributed by atoms with Crippen LogP contribution in [0.3, 0.4) is 0 Å². The summed E-state index contributed by atoms with van der Waals surface area (Å²) in [5, 5.41) is 5.36. The summed E-state index contributed by atoms with van der Waals surface area (Å²) in [6.45, 7) is 12.5. The highest BCUT2D eigenvalue weighted by atomic mass is 16.6. The molecular formula is C21H33N3O4. The Bertz CT molecular complexity index is 700. The Morgan fingerprint density at radius 3 is 2.04 bits per heavy atom. The third-order valence-electron chi connectivity index (χ3n) is 3.70. The normalized spacial score (nSPS) is 12.7. The van der Waals surface area contributed by atoms with Crippen molar-refractivity contribution in [3.63, 3.8) is 0 Å². The van der Waals surface area contributed by atoms with Crippen LogP contribution < -0.4 is 10.6 Å². The predicted molar refractivity (Wildman–Crippen MR) is 109 cm³/mol. The minimum absolute atomic E-state index is 0.267. The van der Waals surface area contributed by atoms with E-state index in [9.17, 15) is 14.4 Å². The highest BCUT2D eigenvalue weighted by molar-refractivity contribution is 5.90. The molecule has 0 radical (unpaired) electrons. The molecule has 0 spiro atoms. The number of rotatable bonds is 5. The van der Waals surface area contributed by atoms with E-state index in [2.05, 4.69) is 10.6 Å². The van der Waals surface area contributed by atoms with Gasteiger partial charge in [0.2, 0.25) is 11.8 Å². The molecule has 1 atom stereocenters. The summed E-state index contributed by atoms with van der Waals surface area (Å²) in [6.07, 6.45) is -0.680. The fourth-order valence-corrected chi connectivity index (χ4v) is 2.47. The Kier molecular flexibility index (Phi) is 7.61. The third-order valence-corrected chi connectivity index (χ3v) is 3.70. The summed E-state index contributed by atoms with van der Waals surface area (Å²) in [5.74, 6) is -0.690. The lowest BCUT2D eigenvalue weighted by Gasteiger charge is -2.31. The van der Waals surface area contributed by atoms with Gasteiger partial charge in [-0.2, -0.15) is 0 Å². The fraction of sp³-hybridized carbons (Fsp3) is 0.571. The molecule has 0 bridgehead atoms. The van der Waals surface area contributed by atoms with E-state index in [-0.39, 0.29) is 12.5 Å². The van der Waals surface area contributed by atoms with Gasteiger partial charge in [-0.25, -0.2) is 4.79 Å². The van der Waals surface area contributed by atoms with E-state index in [0.29, 0.717) is 5.56 Å². The summed E-state index contributed by atoms with van der Waals surface area (Å²) in [7, 11) is 1.55. The van der Waals surface area contributed by atoms with Crippen LogP contribution in [0.5, 0.6) is 0 Å². The van der Waals surface area contributed by atoms with Gasteiger partial charge in [-0.15, -0.1) is 0 Å². The molecule has 3 amide bonds. The molecule has 0 saturated carbocycles. The van der Waals surface area contributed by atoms with Crippen LogP contribution in [0.15, 0.2) is 24.3 Å². The maximum Gasteiger partial charge on any atom is 0.408 e. The zero-order chi connectivity index (χ0) is 21.7. The van der Waals surface area contributed by atoms with Gasteiger partial charge in [0.25, 0.3) is 0 Å². The van der Waals surface area contributed by atoms with Gasteiger partial charge in [-0.3, -0.25) is 9.59 Å². The van der Waals surface area contributed by atoms with E-state index in [0.717, 1.165) is 5.56 Å². The first-order valence-corrected chi connectivity index (χ1v) is 9.31. The Morgan fingerprint density at radius 1 is 1.04 bits per heavy atom. The van der Waals surface area contributed by atoms with E-state index >= 15 is 0 Å². The molecule has 2 N–H and O–H groups in total. The molecule has 0 heterocycles. The minimum atomic E-state index is -0.812. The van der Waals surface area contributed by atoms with Gasteiger partial charge in [-0.1, -0.05) is 29.8 Å². The summed E-state index contributed by atoms with van der Waals surface area (Å²) in [6, 6.07) is 6.63. The van der Waals surface area contributed by atoms with Gasteiger partial charge in [-0.05, 0) is 54.0 Å². The predicted octanol–water partition coefficient (Wildman–Crippen LogP) is 2.93. The van der Waals surface area contributed by atoms with Gasteiger partial charge < -0.3 is 20.3 Å². The van der Waals surface area contributed by atoms with Crippen LogP contribution in [-0.2, 0) is 14.3 Å². The standard InChI is InChI=1S/C21H33N3O4/c1-14-9-11-15(12-10-14)17(18(26)23-20(2,3)4)24(8)16(25)13-22-19(27)28-21(5,6)7/h9-12,17H,13H2,1-8H3,(H,22,27)(H,23,26). The number of aryl methyl sites for hydroxylation is 1. The Balaban J connectivity index is 2.96. The number of amides is 3. The van der Waals surface area contributed by atoms with Crippen molar-refractivity contribution < 1.29 is 19.1 Å². The third kappa shape index (κ3) is 7.98. The zero-order valence-corrected chi connectivity index (χ0v) is 18.2. The quantitative estimate of drug-likeness (QED) is 0.808. The molecule has 7 nitrogen and oxygen atoms in total. The molecule has 0 aliphatic rings. The van der Waals surface area contributed by atoms with Crippen molar-refractivity contribution in [1.82, 2.24) is 15.5 Å². The first-order valence-electron chi connectivity index (χ1n) is 9.31. The lowest BCUT2D eigenvalue weighted by Crippen LogP contribution is -2.50. The molecule has 1 unspecified atom stereocenters. The molecule has 0 fully saturated rings. The molecular weight excluding hydrogens is 358 g/mol. The van der Waals surface area contributed by atoms with Crippen LogP contribution >= 0.6 is 0 Å². The fourth-order valence-electron chi connectivity index (χ4n) is 2.47. The number of benzene rings is 1. The average Bonchev–Trinajstić information content (AvgIpc) is 2.51. The van der Waals surface area contributed by atoms with Gasteiger partial charge in [0.1, 0.15) is 18.2 Å². The molecule has 156 valence electrons. The maximum atomic E-state index is 12.9. The molecule has 0 aliphatic carbocycles. The molecule has 1 aromatic rings. The van der Waals surface area contributed by atoms with Crippen molar-refractivity contribution in [3.05, 3.63) is 35.4 Å². The molecule has 7 heteroatoms. The summed E-state index contributed by atoms with van der Waals surface area (Å²) < 4.78 is 5.14. The van der Waals surface area contributed by atoms with Crippen LogP contribution in [0.1, 0.15) is 58.7 Å². The molecule has 0 aliphatic heterocycles. The second-order valence-electron chi connectivity index (χ2n) is 8.91. The summed E-state index contributed by atoms with van der Waals surface area (Å²) in [4.78, 5) is 38.7. The number of hydrogen-bond donors (Lipinski definition) is 2. The van der Waals surface area contributed by atoms with Gasteiger partial charge >= 0.3 is 6.09 Å². The maximum absolute atomic E-state index is 12.9. The largest absolute Gasteiger partial charge is 0.444 e. The van der Waals surface area contributed by atoms with Crippen molar-refractivity contribution in [3.8, 4) is 0 Å². The first-order chi connectivity index (χ1) is 12.7. The van der Waals surface area contributed by atoms with Crippen molar-refractivity contribution in [2.75, 3.05) is 13.6 Å². The Hall–Kier alpha value is -2.57. The number of carbonyl (C=O) groups is 3. The monoisotopic (exact) mass is 391 g/mol. The number of hydrogen-bond acceptors (Lipinski definition) is 4. The van der Waals surface area contributed by atoms with Crippen LogP contribution in [0, 0.1) is 6.92 Å². The van der Waals surface area contributed by atoms with Crippen molar-refractivity contribution in [1.29, 1.82) is 0 Å². The number of nitrogens with zero attached hydrogens (tertiary/aromatic N) is 1. The first kappa shape index (κ1) is 23.5. The number of likely N-dealkylation sites (N-methyl/N-ethyl adjacent to an activating group) is 1.